The molecule has 0 aliphatic heterocycles. The van der Waals surface area contributed by atoms with Crippen molar-refractivity contribution < 1.29 is 10.2 Å². The van der Waals surface area contributed by atoms with E-state index in [9.17, 15) is 10.2 Å². The molecular formula is C20H20BaO2. The summed E-state index contributed by atoms with van der Waals surface area (Å²) in [5.74, 6) is 0.0495. The summed E-state index contributed by atoms with van der Waals surface area (Å²) in [7, 11) is 0. The van der Waals surface area contributed by atoms with Gasteiger partial charge in [0.05, 0.1) is 0 Å². The van der Waals surface area contributed by atoms with E-state index in [-0.39, 0.29) is 60.4 Å². The summed E-state index contributed by atoms with van der Waals surface area (Å²) in [5, 5.41) is 25.2. The van der Waals surface area contributed by atoms with Crippen LogP contribution >= 0.6 is 0 Å². The third-order valence-electron chi connectivity index (χ3n) is 5.24. The van der Waals surface area contributed by atoms with E-state index in [1.54, 1.807) is 12.1 Å². The Morgan fingerprint density at radius 1 is 0.565 bits per heavy atom. The van der Waals surface area contributed by atoms with Crippen molar-refractivity contribution >= 4 is 48.9 Å². The van der Waals surface area contributed by atoms with Crippen molar-refractivity contribution in [2.45, 2.75) is 51.4 Å². The first-order valence-corrected chi connectivity index (χ1v) is 8.39. The van der Waals surface area contributed by atoms with Crippen LogP contribution in [0.2, 0.25) is 0 Å². The van der Waals surface area contributed by atoms with Crippen LogP contribution in [0.15, 0.2) is 24.3 Å². The Morgan fingerprint density at radius 3 is 1.39 bits per heavy atom. The molecular weight excluding hydrogens is 410 g/mol. The molecule has 114 valence electrons. The van der Waals surface area contributed by atoms with Gasteiger partial charge in [-0.3, -0.25) is 0 Å². The summed E-state index contributed by atoms with van der Waals surface area (Å²) in [6, 6.07) is 7.28. The van der Waals surface area contributed by atoms with E-state index in [0.717, 1.165) is 60.8 Å². The van der Waals surface area contributed by atoms with Crippen molar-refractivity contribution in [3.8, 4) is 22.6 Å². The van der Waals surface area contributed by atoms with Gasteiger partial charge in [0.2, 0.25) is 0 Å². The molecule has 3 heteroatoms. The molecule has 0 spiro atoms. The van der Waals surface area contributed by atoms with Gasteiger partial charge in [-0.15, -0.1) is 11.5 Å². The van der Waals surface area contributed by atoms with Crippen LogP contribution in [0.4, 0.5) is 0 Å². The molecule has 23 heavy (non-hydrogen) atoms. The van der Waals surface area contributed by atoms with Crippen molar-refractivity contribution in [1.29, 1.82) is 0 Å². The zero-order valence-electron chi connectivity index (χ0n) is 13.5. The quantitative estimate of drug-likeness (QED) is 0.655. The van der Waals surface area contributed by atoms with E-state index in [4.69, 9.17) is 0 Å². The van der Waals surface area contributed by atoms with Crippen LogP contribution in [0.5, 0.6) is 11.5 Å². The molecule has 0 heterocycles. The molecule has 4 rings (SSSR count). The SMILES string of the molecule is [Ba+2].[O-]c1ccc2c(c1-c1c([O-])ccc3c1CCCC3)CCCC2. The maximum absolute atomic E-state index is 12.6. The van der Waals surface area contributed by atoms with Gasteiger partial charge in [-0.05, 0) is 84.7 Å². The molecule has 0 saturated heterocycles. The summed E-state index contributed by atoms with van der Waals surface area (Å²) in [6.07, 6.45) is 8.54. The monoisotopic (exact) mass is 430 g/mol. The Hall–Kier alpha value is -0.389. The number of benzene rings is 2. The Balaban J connectivity index is 0.00000156. The van der Waals surface area contributed by atoms with E-state index in [1.165, 1.54) is 24.0 Å². The fourth-order valence-electron chi connectivity index (χ4n) is 4.16. The second-order valence-electron chi connectivity index (χ2n) is 6.57. The first kappa shape index (κ1) is 17.4. The molecule has 0 radical (unpaired) electrons. The van der Waals surface area contributed by atoms with Crippen LogP contribution < -0.4 is 10.2 Å². The predicted molar refractivity (Wildman–Crippen MR) is 89.8 cm³/mol. The van der Waals surface area contributed by atoms with Gasteiger partial charge >= 0.3 is 48.9 Å². The van der Waals surface area contributed by atoms with Crippen molar-refractivity contribution in [1.82, 2.24) is 0 Å². The minimum absolute atomic E-state index is 0. The van der Waals surface area contributed by atoms with Crippen molar-refractivity contribution in [3.05, 3.63) is 46.5 Å². The van der Waals surface area contributed by atoms with Gasteiger partial charge in [-0.1, -0.05) is 24.3 Å². The summed E-state index contributed by atoms with van der Waals surface area (Å²) in [4.78, 5) is 0. The van der Waals surface area contributed by atoms with E-state index in [0.29, 0.717) is 0 Å². The fraction of sp³-hybridized carbons (Fsp3) is 0.400. The van der Waals surface area contributed by atoms with Gasteiger partial charge in [0.15, 0.2) is 0 Å². The van der Waals surface area contributed by atoms with Gasteiger partial charge in [-0.2, -0.15) is 0 Å². The molecule has 2 aromatic carbocycles. The van der Waals surface area contributed by atoms with Crippen LogP contribution in [0, 0.1) is 0 Å². The third-order valence-corrected chi connectivity index (χ3v) is 5.24. The Morgan fingerprint density at radius 2 is 0.957 bits per heavy atom. The Bertz CT molecular complexity index is 673. The number of aryl methyl sites for hydroxylation is 2. The Kier molecular flexibility index (Phi) is 5.49. The summed E-state index contributed by atoms with van der Waals surface area (Å²) >= 11 is 0. The molecule has 0 N–H and O–H groups in total. The first-order chi connectivity index (χ1) is 10.8. The summed E-state index contributed by atoms with van der Waals surface area (Å²) in [6.45, 7) is 0. The second-order valence-corrected chi connectivity index (χ2v) is 6.57. The molecule has 0 fully saturated rings. The second kappa shape index (κ2) is 7.24. The van der Waals surface area contributed by atoms with E-state index in [2.05, 4.69) is 0 Å². The van der Waals surface area contributed by atoms with Gasteiger partial charge in [0, 0.05) is 0 Å². The number of hydrogen-bond donors (Lipinski definition) is 0. The van der Waals surface area contributed by atoms with Gasteiger partial charge < -0.3 is 10.2 Å². The van der Waals surface area contributed by atoms with Crippen LogP contribution in [0.1, 0.15) is 47.9 Å². The van der Waals surface area contributed by atoms with E-state index in [1.807, 2.05) is 12.1 Å². The number of rotatable bonds is 1. The Labute approximate surface area is 178 Å². The van der Waals surface area contributed by atoms with Crippen molar-refractivity contribution in [2.75, 3.05) is 0 Å². The number of hydrogen-bond acceptors (Lipinski definition) is 2. The van der Waals surface area contributed by atoms with Crippen molar-refractivity contribution in [3.63, 3.8) is 0 Å². The normalized spacial score (nSPS) is 16.2. The maximum Gasteiger partial charge on any atom is 2.00 e. The zero-order chi connectivity index (χ0) is 15.1. The standard InChI is InChI=1S/C20H22O2.Ba/c21-17-11-9-13-5-1-3-7-15(13)19(17)20-16-8-4-2-6-14(16)10-12-18(20)22;/h9-12,21-22H,1-8H2;/q;+2/p-2. The summed E-state index contributed by atoms with van der Waals surface area (Å²) < 4.78 is 0. The predicted octanol–water partition coefficient (Wildman–Crippen LogP) is 2.88. The smallest absolute Gasteiger partial charge is 0.872 e. The molecule has 2 nitrogen and oxygen atoms in total. The molecule has 0 aromatic heterocycles. The topological polar surface area (TPSA) is 46.1 Å². The van der Waals surface area contributed by atoms with Gasteiger partial charge in [0.1, 0.15) is 0 Å². The fourth-order valence-corrected chi connectivity index (χ4v) is 4.16. The molecule has 0 atom stereocenters. The van der Waals surface area contributed by atoms with Gasteiger partial charge in [-0.25, -0.2) is 0 Å². The molecule has 0 saturated carbocycles. The molecule has 2 aromatic rings. The van der Waals surface area contributed by atoms with E-state index < -0.39 is 0 Å². The van der Waals surface area contributed by atoms with E-state index >= 15 is 0 Å². The van der Waals surface area contributed by atoms with Crippen LogP contribution in [-0.2, 0) is 25.7 Å². The largest absolute Gasteiger partial charge is 2.00 e. The van der Waals surface area contributed by atoms with Crippen LogP contribution in [0.25, 0.3) is 11.1 Å². The maximum atomic E-state index is 12.6. The molecule has 0 amide bonds. The third kappa shape index (κ3) is 3.12. The number of fused-ring (bicyclic) bond motifs is 2. The van der Waals surface area contributed by atoms with Crippen molar-refractivity contribution in [2.24, 2.45) is 0 Å². The van der Waals surface area contributed by atoms with Crippen LogP contribution in [-0.4, -0.2) is 48.9 Å². The molecule has 0 unspecified atom stereocenters. The zero-order valence-corrected chi connectivity index (χ0v) is 17.9. The average Bonchev–Trinajstić information content (AvgIpc) is 2.56. The molecule has 2 aliphatic rings. The average molecular weight is 430 g/mol. The van der Waals surface area contributed by atoms with Gasteiger partial charge in [0.25, 0.3) is 0 Å². The molecule has 2 aliphatic carbocycles. The first-order valence-electron chi connectivity index (χ1n) is 8.39. The summed E-state index contributed by atoms with van der Waals surface area (Å²) in [5.41, 5.74) is 6.29. The minimum atomic E-state index is 0. The molecule has 0 bridgehead atoms. The minimum Gasteiger partial charge on any atom is -0.872 e. The van der Waals surface area contributed by atoms with Crippen LogP contribution in [0.3, 0.4) is 0 Å².